The van der Waals surface area contributed by atoms with E-state index in [-0.39, 0.29) is 12.2 Å². The van der Waals surface area contributed by atoms with E-state index in [0.29, 0.717) is 12.3 Å². The maximum absolute atomic E-state index is 10.9. The van der Waals surface area contributed by atoms with Crippen LogP contribution in [0.2, 0.25) is 0 Å². The van der Waals surface area contributed by atoms with Crippen molar-refractivity contribution in [2.75, 3.05) is 11.9 Å². The number of nitrogens with one attached hydrogen (secondary N) is 1. The van der Waals surface area contributed by atoms with Gasteiger partial charge in [-0.2, -0.15) is 5.26 Å². The van der Waals surface area contributed by atoms with Crippen molar-refractivity contribution in [2.24, 2.45) is 0 Å². The summed E-state index contributed by atoms with van der Waals surface area (Å²) in [5.74, 6) is -0.319. The Balaban J connectivity index is 2.01. The van der Waals surface area contributed by atoms with Crippen molar-refractivity contribution in [1.82, 2.24) is 0 Å². The first-order valence-corrected chi connectivity index (χ1v) is 6.35. The van der Waals surface area contributed by atoms with Gasteiger partial charge in [0.25, 0.3) is 0 Å². The molecule has 2 aromatic carbocycles. The monoisotopic (exact) mass is 282 g/mol. The van der Waals surface area contributed by atoms with Crippen LogP contribution in [-0.4, -0.2) is 17.7 Å². The molecule has 0 spiro atoms. The third-order valence-electron chi connectivity index (χ3n) is 2.81. The van der Waals surface area contributed by atoms with Crippen LogP contribution in [0.25, 0.3) is 0 Å². The summed E-state index contributed by atoms with van der Waals surface area (Å²) >= 11 is 0. The van der Waals surface area contributed by atoms with Crippen LogP contribution < -0.4 is 10.1 Å². The van der Waals surface area contributed by atoms with Crippen molar-refractivity contribution in [2.45, 2.75) is 6.54 Å². The van der Waals surface area contributed by atoms with Crippen LogP contribution in [0.3, 0.4) is 0 Å². The fraction of sp³-hybridized carbons (Fsp3) is 0.125. The zero-order chi connectivity index (χ0) is 15.1. The van der Waals surface area contributed by atoms with Gasteiger partial charge in [0, 0.05) is 12.2 Å². The number of nitriles is 1. The summed E-state index contributed by atoms with van der Waals surface area (Å²) in [6.45, 7) is 0.546. The standard InChI is InChI=1S/C16H14N2O3/c17-7-8-21-15-6-1-3-12(9-15)11-18-14-5-2-4-13(10-14)16(19)20/h1-6,9-10,18H,8,11H2,(H,19,20). The van der Waals surface area contributed by atoms with Crippen molar-refractivity contribution in [3.63, 3.8) is 0 Å². The van der Waals surface area contributed by atoms with Gasteiger partial charge in [-0.3, -0.25) is 0 Å². The Morgan fingerprint density at radius 1 is 1.24 bits per heavy atom. The molecule has 0 atom stereocenters. The molecule has 2 rings (SSSR count). The van der Waals surface area contributed by atoms with Crippen LogP contribution in [0.4, 0.5) is 5.69 Å². The summed E-state index contributed by atoms with van der Waals surface area (Å²) < 4.78 is 5.23. The predicted octanol–water partition coefficient (Wildman–Crippen LogP) is 2.90. The van der Waals surface area contributed by atoms with E-state index in [4.69, 9.17) is 15.1 Å². The summed E-state index contributed by atoms with van der Waals surface area (Å²) in [5.41, 5.74) is 1.95. The molecule has 21 heavy (non-hydrogen) atoms. The second-order valence-corrected chi connectivity index (χ2v) is 4.33. The number of carboxylic acid groups (broad SMARTS) is 1. The Labute approximate surface area is 122 Å². The van der Waals surface area contributed by atoms with E-state index < -0.39 is 5.97 Å². The van der Waals surface area contributed by atoms with Crippen molar-refractivity contribution in [1.29, 1.82) is 5.26 Å². The van der Waals surface area contributed by atoms with E-state index in [0.717, 1.165) is 11.3 Å². The van der Waals surface area contributed by atoms with E-state index in [1.54, 1.807) is 24.3 Å². The lowest BCUT2D eigenvalue weighted by Crippen LogP contribution is -2.02. The SMILES string of the molecule is N#CCOc1cccc(CNc2cccc(C(=O)O)c2)c1. The molecule has 0 heterocycles. The molecule has 0 aliphatic rings. The minimum absolute atomic E-state index is 0.0114. The van der Waals surface area contributed by atoms with Crippen molar-refractivity contribution >= 4 is 11.7 Å². The Morgan fingerprint density at radius 2 is 2.05 bits per heavy atom. The molecular weight excluding hydrogens is 268 g/mol. The molecule has 0 aliphatic heterocycles. The molecule has 5 nitrogen and oxygen atoms in total. The average molecular weight is 282 g/mol. The maximum atomic E-state index is 10.9. The summed E-state index contributed by atoms with van der Waals surface area (Å²) in [6.07, 6.45) is 0. The highest BCUT2D eigenvalue weighted by Gasteiger charge is 2.03. The molecule has 106 valence electrons. The van der Waals surface area contributed by atoms with Gasteiger partial charge >= 0.3 is 5.97 Å². The summed E-state index contributed by atoms with van der Waals surface area (Å²) in [5, 5.41) is 20.6. The highest BCUT2D eigenvalue weighted by atomic mass is 16.5. The van der Waals surface area contributed by atoms with Gasteiger partial charge in [0.15, 0.2) is 6.61 Å². The third kappa shape index (κ3) is 4.25. The van der Waals surface area contributed by atoms with Crippen LogP contribution >= 0.6 is 0 Å². The second kappa shape index (κ2) is 6.96. The van der Waals surface area contributed by atoms with E-state index >= 15 is 0 Å². The van der Waals surface area contributed by atoms with Gasteiger partial charge in [-0.25, -0.2) is 4.79 Å². The molecule has 5 heteroatoms. The first-order valence-electron chi connectivity index (χ1n) is 6.35. The Bertz CT molecular complexity index is 677. The third-order valence-corrected chi connectivity index (χ3v) is 2.81. The summed E-state index contributed by atoms with van der Waals surface area (Å²) in [6, 6.07) is 15.9. The molecule has 2 N–H and O–H groups in total. The van der Waals surface area contributed by atoms with E-state index in [2.05, 4.69) is 5.32 Å². The zero-order valence-electron chi connectivity index (χ0n) is 11.2. The van der Waals surface area contributed by atoms with Crippen molar-refractivity contribution in [3.8, 4) is 11.8 Å². The highest BCUT2D eigenvalue weighted by molar-refractivity contribution is 5.88. The number of hydrogen-bond donors (Lipinski definition) is 2. The molecule has 0 saturated heterocycles. The number of nitrogens with zero attached hydrogens (tertiary/aromatic N) is 1. The minimum Gasteiger partial charge on any atom is -0.479 e. The van der Waals surface area contributed by atoms with Gasteiger partial charge in [0.2, 0.25) is 0 Å². The minimum atomic E-state index is -0.953. The van der Waals surface area contributed by atoms with Crippen LogP contribution in [0, 0.1) is 11.3 Å². The van der Waals surface area contributed by atoms with Gasteiger partial charge in [0.1, 0.15) is 11.8 Å². The Hall–Kier alpha value is -3.00. The molecule has 0 bridgehead atoms. The van der Waals surface area contributed by atoms with Gasteiger partial charge < -0.3 is 15.2 Å². The molecule has 0 saturated carbocycles. The number of anilines is 1. The number of aromatic carboxylic acids is 1. The lowest BCUT2D eigenvalue weighted by Gasteiger charge is -2.09. The largest absolute Gasteiger partial charge is 0.479 e. The van der Waals surface area contributed by atoms with Gasteiger partial charge in [-0.15, -0.1) is 0 Å². The van der Waals surface area contributed by atoms with Crippen LogP contribution in [0.1, 0.15) is 15.9 Å². The normalized spacial score (nSPS) is 9.67. The number of hydrogen-bond acceptors (Lipinski definition) is 4. The average Bonchev–Trinajstić information content (AvgIpc) is 2.51. The topological polar surface area (TPSA) is 82.3 Å². The number of benzene rings is 2. The second-order valence-electron chi connectivity index (χ2n) is 4.33. The fourth-order valence-electron chi connectivity index (χ4n) is 1.83. The van der Waals surface area contributed by atoms with Crippen LogP contribution in [0.15, 0.2) is 48.5 Å². The van der Waals surface area contributed by atoms with Gasteiger partial charge in [0.05, 0.1) is 5.56 Å². The van der Waals surface area contributed by atoms with E-state index in [9.17, 15) is 4.79 Å². The zero-order valence-corrected chi connectivity index (χ0v) is 11.2. The molecule has 0 fully saturated rings. The number of rotatable bonds is 6. The fourth-order valence-corrected chi connectivity index (χ4v) is 1.83. The first kappa shape index (κ1) is 14.4. The smallest absolute Gasteiger partial charge is 0.335 e. The molecule has 0 aliphatic carbocycles. The molecule has 0 amide bonds. The van der Waals surface area contributed by atoms with Gasteiger partial charge in [-0.1, -0.05) is 18.2 Å². The van der Waals surface area contributed by atoms with Crippen molar-refractivity contribution in [3.05, 3.63) is 59.7 Å². The number of carbonyl (C=O) groups is 1. The lowest BCUT2D eigenvalue weighted by molar-refractivity contribution is 0.0697. The molecule has 2 aromatic rings. The van der Waals surface area contributed by atoms with E-state index in [1.807, 2.05) is 30.3 Å². The summed E-state index contributed by atoms with van der Waals surface area (Å²) in [7, 11) is 0. The molecular formula is C16H14N2O3. The number of ether oxygens (including phenoxy) is 1. The van der Waals surface area contributed by atoms with Crippen LogP contribution in [-0.2, 0) is 6.54 Å². The Kier molecular flexibility index (Phi) is 4.78. The van der Waals surface area contributed by atoms with Crippen molar-refractivity contribution < 1.29 is 14.6 Å². The Morgan fingerprint density at radius 3 is 2.81 bits per heavy atom. The van der Waals surface area contributed by atoms with E-state index in [1.165, 1.54) is 0 Å². The first-order chi connectivity index (χ1) is 10.2. The van der Waals surface area contributed by atoms with Gasteiger partial charge in [-0.05, 0) is 35.9 Å². The van der Waals surface area contributed by atoms with Crippen LogP contribution in [0.5, 0.6) is 5.75 Å². The lowest BCUT2D eigenvalue weighted by atomic mass is 10.2. The molecule has 0 unspecified atom stereocenters. The molecule has 0 aromatic heterocycles. The molecule has 0 radical (unpaired) electrons. The maximum Gasteiger partial charge on any atom is 0.335 e. The predicted molar refractivity (Wildman–Crippen MR) is 78.3 cm³/mol. The number of carboxylic acids is 1. The summed E-state index contributed by atoms with van der Waals surface area (Å²) in [4.78, 5) is 10.9. The quantitative estimate of drug-likeness (QED) is 0.851. The highest BCUT2D eigenvalue weighted by Crippen LogP contribution is 2.16.